The fraction of sp³-hybridized carbons (Fsp3) is 0.719. The number of hydrogen-bond acceptors (Lipinski definition) is 14. The monoisotopic (exact) mass is 1140 g/mol. The van der Waals surface area contributed by atoms with E-state index in [-0.39, 0.29) is 82.3 Å². The molecule has 18 N–H and O–H groups in total. The van der Waals surface area contributed by atoms with E-state index in [0.717, 1.165) is 32.1 Å². The summed E-state index contributed by atoms with van der Waals surface area (Å²) >= 11 is 0. The van der Waals surface area contributed by atoms with E-state index in [1.54, 1.807) is 65.0 Å². The summed E-state index contributed by atoms with van der Waals surface area (Å²) < 4.78 is 0. The second-order valence-corrected chi connectivity index (χ2v) is 22.2. The van der Waals surface area contributed by atoms with Crippen LogP contribution >= 0.6 is 0 Å². The number of aliphatic hydroxyl groups is 1. The molecule has 10 amide bonds. The molecule has 460 valence electrons. The molecular formula is C57H101N13O11. The van der Waals surface area contributed by atoms with Crippen molar-refractivity contribution >= 4 is 59.1 Å². The van der Waals surface area contributed by atoms with Crippen LogP contribution in [0.2, 0.25) is 0 Å². The van der Waals surface area contributed by atoms with Crippen LogP contribution in [0, 0.1) is 23.7 Å². The van der Waals surface area contributed by atoms with E-state index in [9.17, 15) is 53.1 Å². The molecule has 1 aromatic rings. The molecule has 1 rings (SSSR count). The van der Waals surface area contributed by atoms with Crippen LogP contribution in [0.15, 0.2) is 30.3 Å². The van der Waals surface area contributed by atoms with Gasteiger partial charge >= 0.3 is 0 Å². The zero-order valence-corrected chi connectivity index (χ0v) is 49.7. The van der Waals surface area contributed by atoms with Gasteiger partial charge in [0.2, 0.25) is 59.1 Å². The van der Waals surface area contributed by atoms with E-state index in [1.165, 1.54) is 6.42 Å². The van der Waals surface area contributed by atoms with E-state index in [1.807, 2.05) is 20.8 Å². The lowest BCUT2D eigenvalue weighted by molar-refractivity contribution is -0.136. The Bertz CT molecular complexity index is 2120. The van der Waals surface area contributed by atoms with E-state index in [2.05, 4.69) is 54.8 Å². The van der Waals surface area contributed by atoms with Crippen molar-refractivity contribution in [3.8, 4) is 0 Å². The van der Waals surface area contributed by atoms with Crippen LogP contribution in [0.3, 0.4) is 0 Å². The second-order valence-electron chi connectivity index (χ2n) is 22.2. The highest BCUT2D eigenvalue weighted by Crippen LogP contribution is 2.15. The predicted molar refractivity (Wildman–Crippen MR) is 311 cm³/mol. The quantitative estimate of drug-likeness (QED) is 0.0385. The third-order valence-electron chi connectivity index (χ3n) is 13.8. The molecule has 0 saturated carbocycles. The van der Waals surface area contributed by atoms with Crippen molar-refractivity contribution in [3.05, 3.63) is 35.9 Å². The standard InChI is InChI=1S/C57H101N13O11/c1-10-12-13-14-15-16-20-23-46(72)62-39(24-27-58)51(75)70-48(37(9)11-2)57(81)64-40(25-28-59)50(74)66-44(32-38-21-18-17-19-22-38)55(79)65-42(30-34(3)4)53(77)63-41(26-29-60)52(76)69-47(36(7)8)56(80)67-43(31-35(5)6)54(78)68-45(33-71)49(61)73/h17-19,21-22,34-37,39-45,47-48,71H,10-16,20,23-33,58-60H2,1-9H3,(H2,61,73)(H,62,72)(H,63,77)(H,64,81)(H,65,79)(H,66,74)(H,67,80)(H,68,78)(H,69,76)(H,70,75)/t37-,39-,40-,41-,42-,43-,44+,45-,47+,48-/m0/s1. The molecule has 0 bridgehead atoms. The summed E-state index contributed by atoms with van der Waals surface area (Å²) in [4.78, 5) is 137. The largest absolute Gasteiger partial charge is 0.394 e. The maximum absolute atomic E-state index is 14.5. The molecule has 0 aromatic heterocycles. The van der Waals surface area contributed by atoms with Gasteiger partial charge in [-0.15, -0.1) is 0 Å². The summed E-state index contributed by atoms with van der Waals surface area (Å²) in [6, 6.07) is -2.41. The Morgan fingerprint density at radius 2 is 0.840 bits per heavy atom. The van der Waals surface area contributed by atoms with E-state index >= 15 is 0 Å². The first-order valence-corrected chi connectivity index (χ1v) is 29.1. The summed E-state index contributed by atoms with van der Waals surface area (Å²) in [5.74, 6) is -8.50. The molecule has 0 heterocycles. The molecule has 10 atom stereocenters. The Morgan fingerprint density at radius 1 is 0.457 bits per heavy atom. The first kappa shape index (κ1) is 72.8. The summed E-state index contributed by atoms with van der Waals surface area (Å²) in [7, 11) is 0. The number of carbonyl (C=O) groups is 10. The van der Waals surface area contributed by atoms with Crippen LogP contribution in [0.1, 0.15) is 158 Å². The first-order valence-electron chi connectivity index (χ1n) is 29.1. The molecule has 0 saturated heterocycles. The molecule has 24 heteroatoms. The zero-order valence-electron chi connectivity index (χ0n) is 49.7. The summed E-state index contributed by atoms with van der Waals surface area (Å²) in [6.45, 7) is 15.5. The molecule has 1 aromatic carbocycles. The number of carbonyl (C=O) groups excluding carboxylic acids is 10. The Labute approximate surface area is 480 Å². The van der Waals surface area contributed by atoms with Crippen molar-refractivity contribution in [2.75, 3.05) is 26.2 Å². The van der Waals surface area contributed by atoms with Gasteiger partial charge < -0.3 is 75.9 Å². The average molecular weight is 1140 g/mol. The van der Waals surface area contributed by atoms with Crippen molar-refractivity contribution in [1.82, 2.24) is 47.9 Å². The Morgan fingerprint density at radius 3 is 1.30 bits per heavy atom. The summed E-state index contributed by atoms with van der Waals surface area (Å²) in [6.07, 6.45) is 7.94. The minimum Gasteiger partial charge on any atom is -0.394 e. The highest BCUT2D eigenvalue weighted by Gasteiger charge is 2.37. The summed E-state index contributed by atoms with van der Waals surface area (Å²) in [5.41, 5.74) is 23.7. The molecule has 0 radical (unpaired) electrons. The Kier molecular flexibility index (Phi) is 36.0. The molecule has 0 spiro atoms. The molecule has 0 aliphatic carbocycles. The average Bonchev–Trinajstić information content (AvgIpc) is 3.41. The van der Waals surface area contributed by atoms with Crippen molar-refractivity contribution in [1.29, 1.82) is 0 Å². The molecule has 0 aliphatic rings. The van der Waals surface area contributed by atoms with Gasteiger partial charge in [-0.05, 0) is 87.4 Å². The topological polar surface area (TPSA) is 403 Å². The van der Waals surface area contributed by atoms with Crippen LogP contribution in [0.4, 0.5) is 0 Å². The SMILES string of the molecule is CCCCCCCCCC(=O)N[C@@H](CCN)C(=O)N[C@H](C(=O)N[C@@H](CCN)C(=O)N[C@H](Cc1ccccc1)C(=O)N[C@@H](CC(C)C)C(=O)N[C@@H](CCN)C(=O)N[C@@H](C(=O)N[C@@H](CC(C)C)C(=O)N[C@@H](CO)C(N)=O)C(C)C)[C@@H](C)CC. The van der Waals surface area contributed by atoms with Gasteiger partial charge in [0.15, 0.2) is 0 Å². The summed E-state index contributed by atoms with van der Waals surface area (Å²) in [5, 5.41) is 33.7. The molecule has 81 heavy (non-hydrogen) atoms. The molecule has 0 aliphatic heterocycles. The third-order valence-corrected chi connectivity index (χ3v) is 13.8. The maximum Gasteiger partial charge on any atom is 0.243 e. The van der Waals surface area contributed by atoms with E-state index in [4.69, 9.17) is 22.9 Å². The predicted octanol–water partition coefficient (Wildman–Crippen LogP) is 0.0513. The number of aliphatic hydroxyl groups excluding tert-OH is 1. The molecular weight excluding hydrogens is 1040 g/mol. The van der Waals surface area contributed by atoms with Crippen LogP contribution < -0.4 is 70.8 Å². The Hall–Kier alpha value is -6.24. The Balaban J connectivity index is 3.43. The number of hydrogen-bond donors (Lipinski definition) is 14. The number of primary amides is 1. The normalized spacial score (nSPS) is 15.1. The van der Waals surface area contributed by atoms with Crippen molar-refractivity contribution in [2.45, 2.75) is 213 Å². The molecule has 0 fully saturated rings. The maximum atomic E-state index is 14.5. The van der Waals surface area contributed by atoms with Gasteiger partial charge in [0.1, 0.15) is 54.4 Å². The second kappa shape index (κ2) is 40.0. The smallest absolute Gasteiger partial charge is 0.243 e. The number of rotatable bonds is 42. The number of benzene rings is 1. The fourth-order valence-corrected chi connectivity index (χ4v) is 8.84. The highest BCUT2D eigenvalue weighted by molar-refractivity contribution is 5.98. The highest BCUT2D eigenvalue weighted by atomic mass is 16.3. The number of nitrogens with one attached hydrogen (secondary N) is 9. The van der Waals surface area contributed by atoms with E-state index < -0.39 is 126 Å². The van der Waals surface area contributed by atoms with Crippen molar-refractivity contribution in [2.24, 2.45) is 46.6 Å². The van der Waals surface area contributed by atoms with Crippen LogP contribution in [0.25, 0.3) is 0 Å². The number of amides is 10. The first-order chi connectivity index (χ1) is 38.4. The lowest BCUT2D eigenvalue weighted by Crippen LogP contribution is -2.62. The zero-order chi connectivity index (χ0) is 61.2. The van der Waals surface area contributed by atoms with E-state index in [0.29, 0.717) is 18.4 Å². The van der Waals surface area contributed by atoms with Gasteiger partial charge in [0.05, 0.1) is 6.61 Å². The van der Waals surface area contributed by atoms with Gasteiger partial charge in [0.25, 0.3) is 0 Å². The van der Waals surface area contributed by atoms with Gasteiger partial charge in [-0.1, -0.05) is 138 Å². The van der Waals surface area contributed by atoms with Crippen LogP contribution in [-0.4, -0.2) is 145 Å². The van der Waals surface area contributed by atoms with Crippen molar-refractivity contribution in [3.63, 3.8) is 0 Å². The van der Waals surface area contributed by atoms with Gasteiger partial charge in [-0.2, -0.15) is 0 Å². The minimum atomic E-state index is -1.40. The van der Waals surface area contributed by atoms with Crippen molar-refractivity contribution < 1.29 is 53.1 Å². The van der Waals surface area contributed by atoms with Gasteiger partial charge in [-0.25, -0.2) is 0 Å². The fourth-order valence-electron chi connectivity index (χ4n) is 8.84. The third kappa shape index (κ3) is 28.3. The molecule has 0 unspecified atom stereocenters. The minimum absolute atomic E-state index is 0.0554. The van der Waals surface area contributed by atoms with Crippen LogP contribution in [0.5, 0.6) is 0 Å². The molecule has 24 nitrogen and oxygen atoms in total. The van der Waals surface area contributed by atoms with Gasteiger partial charge in [-0.3, -0.25) is 47.9 Å². The van der Waals surface area contributed by atoms with Gasteiger partial charge in [0, 0.05) is 12.8 Å². The number of unbranched alkanes of at least 4 members (excludes halogenated alkanes) is 6. The lowest BCUT2D eigenvalue weighted by atomic mass is 9.97. The number of nitrogens with two attached hydrogens (primary N) is 4. The van der Waals surface area contributed by atoms with Crippen LogP contribution in [-0.2, 0) is 54.4 Å². The lowest BCUT2D eigenvalue weighted by Gasteiger charge is -2.30.